The van der Waals surface area contributed by atoms with Gasteiger partial charge in [-0.2, -0.15) is 9.97 Å². The van der Waals surface area contributed by atoms with E-state index in [1.54, 1.807) is 31.3 Å². The second kappa shape index (κ2) is 17.1. The van der Waals surface area contributed by atoms with Gasteiger partial charge in [0.25, 0.3) is 5.91 Å². The van der Waals surface area contributed by atoms with Crippen LogP contribution in [-0.4, -0.2) is 115 Å². The molecule has 52 heavy (non-hydrogen) atoms. The van der Waals surface area contributed by atoms with Crippen LogP contribution in [0.15, 0.2) is 47.2 Å². The number of hydrogen-bond donors (Lipinski definition) is 10. The van der Waals surface area contributed by atoms with E-state index in [9.17, 15) is 34.8 Å². The molecule has 0 fully saturated rings. The Morgan fingerprint density at radius 2 is 1.73 bits per heavy atom. The van der Waals surface area contributed by atoms with Crippen molar-refractivity contribution < 1.29 is 49.5 Å². The third-order valence-electron chi connectivity index (χ3n) is 7.41. The molecule has 5 rings (SSSR count). The number of carboxylic acid groups (broad SMARTS) is 2. The number of anilines is 3. The average Bonchev–Trinajstić information content (AvgIpc) is 3.79. The summed E-state index contributed by atoms with van der Waals surface area (Å²) >= 11 is 0. The summed E-state index contributed by atoms with van der Waals surface area (Å²) in [6.07, 6.45) is -2.06. The fraction of sp³-hybridized carbons (Fsp3) is 0.323. The van der Waals surface area contributed by atoms with Crippen LogP contribution in [0.3, 0.4) is 0 Å². The number of fused-ring (bicyclic) bond motifs is 1. The number of rotatable bonds is 14. The minimum Gasteiger partial charge on any atom is -0.481 e. The van der Waals surface area contributed by atoms with Crippen LogP contribution in [0.1, 0.15) is 46.5 Å². The number of nitrogens with zero attached hydrogens (tertiary/aromatic N) is 7. The molecule has 21 nitrogen and oxygen atoms in total. The van der Waals surface area contributed by atoms with E-state index in [-0.39, 0.29) is 35.9 Å². The zero-order valence-corrected chi connectivity index (χ0v) is 27.8. The van der Waals surface area contributed by atoms with Gasteiger partial charge < -0.3 is 61.8 Å². The van der Waals surface area contributed by atoms with Gasteiger partial charge in [-0.05, 0) is 37.6 Å². The normalized spacial score (nSPS) is 13.3. The Balaban J connectivity index is 0.000000269. The van der Waals surface area contributed by atoms with Gasteiger partial charge in [-0.15, -0.1) is 0 Å². The Bertz CT molecular complexity index is 2000. The predicted molar refractivity (Wildman–Crippen MR) is 181 cm³/mol. The van der Waals surface area contributed by atoms with Crippen LogP contribution in [0.5, 0.6) is 0 Å². The number of aliphatic hydroxyl groups excluding tert-OH is 4. The van der Waals surface area contributed by atoms with Crippen LogP contribution >= 0.6 is 0 Å². The van der Waals surface area contributed by atoms with Crippen LogP contribution in [0.2, 0.25) is 0 Å². The van der Waals surface area contributed by atoms with E-state index in [0.717, 1.165) is 5.69 Å². The molecule has 1 amide bonds. The highest BCUT2D eigenvalue weighted by molar-refractivity contribution is 5.97. The average molecular weight is 724 g/mol. The molecule has 0 bridgehead atoms. The van der Waals surface area contributed by atoms with Crippen molar-refractivity contribution in [1.82, 2.24) is 40.4 Å². The summed E-state index contributed by atoms with van der Waals surface area (Å²) in [7, 11) is 1.82. The van der Waals surface area contributed by atoms with Crippen molar-refractivity contribution in [3.8, 4) is 11.5 Å². The van der Waals surface area contributed by atoms with E-state index in [1.807, 2.05) is 11.9 Å². The number of benzene rings is 1. The Morgan fingerprint density at radius 3 is 2.35 bits per heavy atom. The SMILES string of the molecule is CN(Cc1cnc2nc(N)nc(N)c2n1)c1ccc(C(=O)N[C@@H](CCC(=O)O)C(=O)O)cc1.Cc1cc(-c2ncc([C@@H](O)[C@H](O)[C@H](O)CO)[nH]2)no1. The Hall–Kier alpha value is -6.29. The van der Waals surface area contributed by atoms with Gasteiger partial charge in [-0.3, -0.25) is 9.59 Å². The highest BCUT2D eigenvalue weighted by atomic mass is 16.5. The molecule has 0 saturated heterocycles. The van der Waals surface area contributed by atoms with Crippen molar-refractivity contribution in [2.24, 2.45) is 0 Å². The molecule has 0 radical (unpaired) electrons. The van der Waals surface area contributed by atoms with E-state index in [1.165, 1.54) is 18.3 Å². The number of imidazole rings is 1. The van der Waals surface area contributed by atoms with Crippen molar-refractivity contribution in [3.05, 3.63) is 65.4 Å². The first-order valence-electron chi connectivity index (χ1n) is 15.4. The highest BCUT2D eigenvalue weighted by Crippen LogP contribution is 2.22. The molecule has 5 aromatic rings. The second-order valence-corrected chi connectivity index (χ2v) is 11.4. The van der Waals surface area contributed by atoms with Gasteiger partial charge in [-0.25, -0.2) is 19.7 Å². The number of aromatic nitrogens is 7. The number of hydrogen-bond acceptors (Lipinski definition) is 17. The van der Waals surface area contributed by atoms with Crippen LogP contribution in [-0.2, 0) is 16.1 Å². The molecular weight excluding hydrogens is 686 g/mol. The minimum absolute atomic E-state index is 0.0138. The van der Waals surface area contributed by atoms with Crippen LogP contribution in [0, 0.1) is 6.92 Å². The standard InChI is InChI=1S/C20H22N8O5.C11H15N3O5/c1-28(9-11-8-23-17-15(24-11)16(21)26-20(22)27-17)12-4-2-10(3-5-12)18(31)25-13(19(32)33)6-7-14(29)30;1-5-2-6(14-19-5)11-12-3-7(13-11)9(17)10(18)8(16)4-15/h2-5,8,13H,6-7,9H2,1H3,(H,25,31)(H,29,30)(H,32,33)(H4,21,22,23,26,27);2-3,8-10,15-18H,4H2,1H3,(H,12,13)/t13-;8-,9-,10-/m01/s1. The van der Waals surface area contributed by atoms with E-state index in [0.29, 0.717) is 40.7 Å². The summed E-state index contributed by atoms with van der Waals surface area (Å²) in [6, 6.07) is 6.82. The molecule has 0 spiro atoms. The lowest BCUT2D eigenvalue weighted by Crippen LogP contribution is -2.41. The van der Waals surface area contributed by atoms with Crippen molar-refractivity contribution in [2.45, 2.75) is 50.7 Å². The van der Waals surface area contributed by atoms with Gasteiger partial charge in [0.1, 0.15) is 35.8 Å². The lowest BCUT2D eigenvalue weighted by atomic mass is 10.1. The number of aliphatic hydroxyl groups is 4. The van der Waals surface area contributed by atoms with Gasteiger partial charge in [-0.1, -0.05) is 5.16 Å². The summed E-state index contributed by atoms with van der Waals surface area (Å²) < 4.78 is 4.90. The Labute approximate surface area is 294 Å². The number of nitrogen functional groups attached to an aromatic ring is 2. The zero-order chi connectivity index (χ0) is 38.1. The minimum atomic E-state index is -1.52. The molecule has 276 valence electrons. The van der Waals surface area contributed by atoms with Crippen molar-refractivity contribution in [3.63, 3.8) is 0 Å². The molecule has 4 atom stereocenters. The first-order valence-corrected chi connectivity index (χ1v) is 15.4. The van der Waals surface area contributed by atoms with Crippen LogP contribution in [0.4, 0.5) is 17.5 Å². The van der Waals surface area contributed by atoms with E-state index in [2.05, 4.69) is 40.4 Å². The zero-order valence-electron chi connectivity index (χ0n) is 27.8. The fourth-order valence-electron chi connectivity index (χ4n) is 4.62. The number of aliphatic carboxylic acids is 2. The van der Waals surface area contributed by atoms with Gasteiger partial charge in [0, 0.05) is 30.8 Å². The molecule has 0 unspecified atom stereocenters. The number of aromatic amines is 1. The predicted octanol–water partition coefficient (Wildman–Crippen LogP) is -0.611. The number of carbonyl (C=O) groups excluding carboxylic acids is 1. The molecule has 0 aliphatic carbocycles. The molecule has 0 aliphatic rings. The van der Waals surface area contributed by atoms with E-state index in [4.69, 9.17) is 26.2 Å². The largest absolute Gasteiger partial charge is 0.481 e. The van der Waals surface area contributed by atoms with Gasteiger partial charge in [0.2, 0.25) is 5.95 Å². The third kappa shape index (κ3) is 9.91. The molecular formula is C31H37N11O10. The second-order valence-electron chi connectivity index (χ2n) is 11.4. The number of aryl methyl sites for hydroxylation is 1. The Kier molecular flexibility index (Phi) is 12.7. The number of carboxylic acids is 2. The Morgan fingerprint density at radius 1 is 1.02 bits per heavy atom. The maximum absolute atomic E-state index is 12.4. The first kappa shape index (κ1) is 38.5. The maximum Gasteiger partial charge on any atom is 0.326 e. The molecule has 0 saturated carbocycles. The summed E-state index contributed by atoms with van der Waals surface area (Å²) in [4.78, 5) is 59.5. The van der Waals surface area contributed by atoms with Gasteiger partial charge in [0.05, 0.1) is 36.9 Å². The highest BCUT2D eigenvalue weighted by Gasteiger charge is 2.27. The van der Waals surface area contributed by atoms with Crippen molar-refractivity contribution >= 4 is 46.5 Å². The molecule has 4 aromatic heterocycles. The maximum atomic E-state index is 12.4. The summed E-state index contributed by atoms with van der Waals surface area (Å²) in [5.41, 5.74) is 14.3. The van der Waals surface area contributed by atoms with Crippen molar-refractivity contribution in [2.75, 3.05) is 30.0 Å². The van der Waals surface area contributed by atoms with E-state index >= 15 is 0 Å². The molecule has 0 aliphatic heterocycles. The summed E-state index contributed by atoms with van der Waals surface area (Å²) in [6.45, 7) is 1.45. The monoisotopic (exact) mass is 723 g/mol. The molecule has 21 heteroatoms. The number of carbonyl (C=O) groups is 3. The quantitative estimate of drug-likeness (QED) is 0.0682. The number of amides is 1. The van der Waals surface area contributed by atoms with Gasteiger partial charge in [0.15, 0.2) is 22.8 Å². The summed E-state index contributed by atoms with van der Waals surface area (Å²) in [5.74, 6) is -1.92. The first-order chi connectivity index (χ1) is 24.7. The lowest BCUT2D eigenvalue weighted by molar-refractivity contribution is -0.140. The smallest absolute Gasteiger partial charge is 0.326 e. The number of nitrogens with one attached hydrogen (secondary N) is 2. The topological polar surface area (TPSA) is 346 Å². The molecule has 12 N–H and O–H groups in total. The molecule has 1 aromatic carbocycles. The van der Waals surface area contributed by atoms with Gasteiger partial charge >= 0.3 is 11.9 Å². The number of H-pyrrole nitrogens is 1. The van der Waals surface area contributed by atoms with E-state index < -0.39 is 48.8 Å². The summed E-state index contributed by atoms with van der Waals surface area (Å²) in [5, 5.41) is 61.4. The fourth-order valence-corrected chi connectivity index (χ4v) is 4.62. The van der Waals surface area contributed by atoms with Crippen LogP contribution < -0.4 is 21.7 Å². The van der Waals surface area contributed by atoms with Crippen LogP contribution in [0.25, 0.3) is 22.7 Å². The number of nitrogens with two attached hydrogens (primary N) is 2. The molecule has 4 heterocycles. The lowest BCUT2D eigenvalue weighted by Gasteiger charge is -2.20. The van der Waals surface area contributed by atoms with Crippen molar-refractivity contribution in [1.29, 1.82) is 0 Å². The third-order valence-corrected chi connectivity index (χ3v) is 7.41.